The fourth-order valence-corrected chi connectivity index (χ4v) is 3.20. The van der Waals surface area contributed by atoms with Gasteiger partial charge < -0.3 is 0 Å². The maximum atomic E-state index is 11.9. The van der Waals surface area contributed by atoms with E-state index in [9.17, 15) is 8.42 Å². The Balaban J connectivity index is 5.03. The Labute approximate surface area is 86.6 Å². The fraction of sp³-hybridized carbons (Fsp3) is 0.889. The number of hydrogen-bond donors (Lipinski definition) is 0. The molecule has 0 N–H and O–H groups in total. The molecule has 4 nitrogen and oxygen atoms in total. The van der Waals surface area contributed by atoms with Crippen LogP contribution in [0.1, 0.15) is 34.1 Å². The van der Waals surface area contributed by atoms with Gasteiger partial charge in [-0.05, 0) is 20.3 Å². The van der Waals surface area contributed by atoms with Crippen LogP contribution in [0.5, 0.6) is 0 Å². The van der Waals surface area contributed by atoms with E-state index in [1.807, 2.05) is 19.9 Å². The normalized spacial score (nSPS) is 14.4. The van der Waals surface area contributed by atoms with Gasteiger partial charge in [-0.15, -0.1) is 0 Å². The van der Waals surface area contributed by atoms with Crippen LogP contribution in [0.3, 0.4) is 0 Å². The summed E-state index contributed by atoms with van der Waals surface area (Å²) in [5, 5.41) is 7.82. The van der Waals surface area contributed by atoms with Gasteiger partial charge in [0, 0.05) is 12.6 Å². The van der Waals surface area contributed by atoms with E-state index in [1.54, 1.807) is 13.8 Å². The van der Waals surface area contributed by atoms with Crippen LogP contribution >= 0.6 is 0 Å². The molecule has 0 heterocycles. The fourth-order valence-electron chi connectivity index (χ4n) is 1.37. The molecule has 1 unspecified atom stereocenters. The van der Waals surface area contributed by atoms with Crippen molar-refractivity contribution in [3.8, 4) is 6.07 Å². The SMILES string of the molecule is CCC(C#N)S(=O)(=O)N(CC)C(C)C. The predicted molar refractivity (Wildman–Crippen MR) is 56.1 cm³/mol. The molecule has 82 valence electrons. The second-order valence-corrected chi connectivity index (χ2v) is 5.44. The first-order chi connectivity index (χ1) is 6.41. The van der Waals surface area contributed by atoms with Crippen LogP contribution in [-0.2, 0) is 10.0 Å². The van der Waals surface area contributed by atoms with E-state index >= 15 is 0 Å². The van der Waals surface area contributed by atoms with Crippen molar-refractivity contribution >= 4 is 10.0 Å². The van der Waals surface area contributed by atoms with Crippen molar-refractivity contribution < 1.29 is 8.42 Å². The first-order valence-electron chi connectivity index (χ1n) is 4.82. The van der Waals surface area contributed by atoms with Gasteiger partial charge in [0.2, 0.25) is 10.0 Å². The Bertz CT molecular complexity index is 303. The molecule has 0 aliphatic heterocycles. The van der Waals surface area contributed by atoms with Crippen molar-refractivity contribution in [2.75, 3.05) is 6.54 Å². The third-order valence-corrected chi connectivity index (χ3v) is 4.58. The molecule has 0 aromatic heterocycles. The molecule has 1 atom stereocenters. The summed E-state index contributed by atoms with van der Waals surface area (Å²) in [6.07, 6.45) is 0.335. The van der Waals surface area contributed by atoms with Crippen molar-refractivity contribution in [3.05, 3.63) is 0 Å². The van der Waals surface area contributed by atoms with E-state index in [0.29, 0.717) is 13.0 Å². The van der Waals surface area contributed by atoms with Crippen LogP contribution < -0.4 is 0 Å². The van der Waals surface area contributed by atoms with Crippen LogP contribution in [0.4, 0.5) is 0 Å². The molecule has 0 saturated heterocycles. The minimum atomic E-state index is -3.44. The first-order valence-corrected chi connectivity index (χ1v) is 6.32. The molecule has 0 spiro atoms. The lowest BCUT2D eigenvalue weighted by Gasteiger charge is -2.26. The van der Waals surface area contributed by atoms with Crippen molar-refractivity contribution in [2.45, 2.75) is 45.4 Å². The molecular weight excluding hydrogens is 200 g/mol. The van der Waals surface area contributed by atoms with E-state index in [0.717, 1.165) is 0 Å². The molecule has 0 aromatic carbocycles. The zero-order valence-electron chi connectivity index (χ0n) is 9.19. The number of sulfonamides is 1. The van der Waals surface area contributed by atoms with E-state index in [1.165, 1.54) is 4.31 Å². The van der Waals surface area contributed by atoms with Crippen LogP contribution in [0.15, 0.2) is 0 Å². The Morgan fingerprint density at radius 2 is 1.86 bits per heavy atom. The second kappa shape index (κ2) is 5.32. The van der Waals surface area contributed by atoms with E-state index < -0.39 is 15.3 Å². The summed E-state index contributed by atoms with van der Waals surface area (Å²) < 4.78 is 25.1. The van der Waals surface area contributed by atoms with Crippen LogP contribution in [-0.4, -0.2) is 30.6 Å². The molecule has 5 heteroatoms. The third-order valence-electron chi connectivity index (χ3n) is 2.09. The quantitative estimate of drug-likeness (QED) is 0.699. The van der Waals surface area contributed by atoms with Crippen molar-refractivity contribution in [2.24, 2.45) is 0 Å². The Hall–Kier alpha value is -0.600. The van der Waals surface area contributed by atoms with Crippen LogP contribution in [0.2, 0.25) is 0 Å². The lowest BCUT2D eigenvalue weighted by molar-refractivity contribution is 0.366. The standard InChI is InChI=1S/C9H18N2O2S/c1-5-9(7-10)14(12,13)11(6-2)8(3)4/h8-9H,5-6H2,1-4H3. The maximum Gasteiger partial charge on any atom is 0.230 e. The molecular formula is C9H18N2O2S. The Morgan fingerprint density at radius 1 is 1.36 bits per heavy atom. The third kappa shape index (κ3) is 2.69. The molecule has 0 saturated carbocycles. The van der Waals surface area contributed by atoms with Gasteiger partial charge in [-0.2, -0.15) is 9.57 Å². The van der Waals surface area contributed by atoms with Gasteiger partial charge in [0.15, 0.2) is 5.25 Å². The van der Waals surface area contributed by atoms with Gasteiger partial charge in [-0.25, -0.2) is 8.42 Å². The van der Waals surface area contributed by atoms with Gasteiger partial charge in [-0.1, -0.05) is 13.8 Å². The highest BCUT2D eigenvalue weighted by atomic mass is 32.2. The van der Waals surface area contributed by atoms with Crippen LogP contribution in [0, 0.1) is 11.3 Å². The molecule has 0 aromatic rings. The lowest BCUT2D eigenvalue weighted by atomic mass is 10.4. The van der Waals surface area contributed by atoms with E-state index in [4.69, 9.17) is 5.26 Å². The molecule has 0 radical (unpaired) electrons. The lowest BCUT2D eigenvalue weighted by Crippen LogP contribution is -2.42. The summed E-state index contributed by atoms with van der Waals surface area (Å²) in [4.78, 5) is 0. The monoisotopic (exact) mass is 218 g/mol. The molecule has 0 aliphatic carbocycles. The average Bonchev–Trinajstić information content (AvgIpc) is 2.05. The maximum absolute atomic E-state index is 11.9. The molecule has 0 aliphatic rings. The van der Waals surface area contributed by atoms with Crippen molar-refractivity contribution in [3.63, 3.8) is 0 Å². The number of hydrogen-bond acceptors (Lipinski definition) is 3. The summed E-state index contributed by atoms with van der Waals surface area (Å²) in [5.74, 6) is 0. The summed E-state index contributed by atoms with van der Waals surface area (Å²) in [6, 6.07) is 1.74. The zero-order chi connectivity index (χ0) is 11.4. The number of nitriles is 1. The predicted octanol–water partition coefficient (Wildman–Crippen LogP) is 1.35. The van der Waals surface area contributed by atoms with Crippen LogP contribution in [0.25, 0.3) is 0 Å². The highest BCUT2D eigenvalue weighted by molar-refractivity contribution is 7.90. The van der Waals surface area contributed by atoms with Gasteiger partial charge in [-0.3, -0.25) is 0 Å². The summed E-state index contributed by atoms with van der Waals surface area (Å²) in [5.41, 5.74) is 0. The van der Waals surface area contributed by atoms with Gasteiger partial charge >= 0.3 is 0 Å². The summed E-state index contributed by atoms with van der Waals surface area (Å²) in [7, 11) is -3.44. The first kappa shape index (κ1) is 13.4. The molecule has 0 amide bonds. The highest BCUT2D eigenvalue weighted by Crippen LogP contribution is 2.14. The van der Waals surface area contributed by atoms with Crippen molar-refractivity contribution in [1.82, 2.24) is 4.31 Å². The summed E-state index contributed by atoms with van der Waals surface area (Å²) in [6.45, 7) is 7.52. The van der Waals surface area contributed by atoms with E-state index in [-0.39, 0.29) is 6.04 Å². The van der Waals surface area contributed by atoms with Crippen molar-refractivity contribution in [1.29, 1.82) is 5.26 Å². The Morgan fingerprint density at radius 3 is 2.07 bits per heavy atom. The van der Waals surface area contributed by atoms with E-state index in [2.05, 4.69) is 0 Å². The van der Waals surface area contributed by atoms with Gasteiger partial charge in [0.05, 0.1) is 6.07 Å². The molecule has 0 fully saturated rings. The average molecular weight is 218 g/mol. The molecule has 14 heavy (non-hydrogen) atoms. The minimum Gasteiger partial charge on any atom is -0.211 e. The van der Waals surface area contributed by atoms with Gasteiger partial charge in [0.25, 0.3) is 0 Å². The number of nitrogens with zero attached hydrogens (tertiary/aromatic N) is 2. The second-order valence-electron chi connectivity index (χ2n) is 3.37. The highest BCUT2D eigenvalue weighted by Gasteiger charge is 2.31. The summed E-state index contributed by atoms with van der Waals surface area (Å²) >= 11 is 0. The smallest absolute Gasteiger partial charge is 0.211 e. The molecule has 0 rings (SSSR count). The molecule has 0 bridgehead atoms. The minimum absolute atomic E-state index is 0.0904. The Kier molecular flexibility index (Phi) is 5.09. The van der Waals surface area contributed by atoms with Gasteiger partial charge in [0.1, 0.15) is 0 Å². The largest absolute Gasteiger partial charge is 0.230 e. The topological polar surface area (TPSA) is 61.2 Å². The number of rotatable bonds is 5. The zero-order valence-corrected chi connectivity index (χ0v) is 10.0.